The number of hydrogen-bond acceptors (Lipinski definition) is 5. The van der Waals surface area contributed by atoms with E-state index < -0.39 is 12.3 Å². The topological polar surface area (TPSA) is 86.5 Å². The smallest absolute Gasteiger partial charge is 0.492 e. The van der Waals surface area contributed by atoms with Crippen LogP contribution in [0.15, 0.2) is 79.3 Å². The average molecular weight is 493 g/mol. The SMILES string of the molecule is O=C(O)c1cc2c(-c3cccc4cnccc34)nccc2n1CCOc1ccc(OC(F)(F)F)cc1. The number of hydrogen-bond donors (Lipinski definition) is 1. The Morgan fingerprint density at radius 3 is 2.50 bits per heavy atom. The number of aromatic carboxylic acids is 1. The number of pyridine rings is 2. The molecule has 0 aliphatic heterocycles. The van der Waals surface area contributed by atoms with E-state index >= 15 is 0 Å². The molecular formula is C26H18F3N3O4. The summed E-state index contributed by atoms with van der Waals surface area (Å²) in [5.74, 6) is -1.14. The van der Waals surface area contributed by atoms with E-state index in [1.165, 1.54) is 12.1 Å². The molecule has 36 heavy (non-hydrogen) atoms. The molecule has 0 saturated heterocycles. The third kappa shape index (κ3) is 4.65. The maximum atomic E-state index is 12.3. The fourth-order valence-electron chi connectivity index (χ4n) is 4.14. The number of rotatable bonds is 7. The summed E-state index contributed by atoms with van der Waals surface area (Å²) in [6.07, 6.45) is 0.298. The number of aromatic nitrogens is 3. The van der Waals surface area contributed by atoms with Crippen molar-refractivity contribution in [1.82, 2.24) is 14.5 Å². The maximum absolute atomic E-state index is 12.3. The molecule has 0 aliphatic carbocycles. The highest BCUT2D eigenvalue weighted by molar-refractivity contribution is 6.05. The Hall–Kier alpha value is -4.60. The number of halogens is 3. The van der Waals surface area contributed by atoms with Crippen LogP contribution >= 0.6 is 0 Å². The van der Waals surface area contributed by atoms with Crippen molar-refractivity contribution >= 4 is 27.6 Å². The highest BCUT2D eigenvalue weighted by Gasteiger charge is 2.31. The third-order valence-corrected chi connectivity index (χ3v) is 5.63. The van der Waals surface area contributed by atoms with Crippen LogP contribution in [0.1, 0.15) is 10.5 Å². The van der Waals surface area contributed by atoms with Crippen LogP contribution in [0.2, 0.25) is 0 Å². The Bertz CT molecular complexity index is 1560. The van der Waals surface area contributed by atoms with Crippen molar-refractivity contribution in [2.45, 2.75) is 12.9 Å². The fraction of sp³-hybridized carbons (Fsp3) is 0.115. The molecule has 0 radical (unpaired) electrons. The van der Waals surface area contributed by atoms with Gasteiger partial charge in [-0.3, -0.25) is 9.97 Å². The molecule has 3 heterocycles. The van der Waals surface area contributed by atoms with Crippen molar-refractivity contribution < 1.29 is 32.5 Å². The van der Waals surface area contributed by atoms with E-state index in [-0.39, 0.29) is 24.6 Å². The number of carboxylic acid groups (broad SMARTS) is 1. The molecule has 7 nitrogen and oxygen atoms in total. The summed E-state index contributed by atoms with van der Waals surface area (Å²) in [4.78, 5) is 20.8. The summed E-state index contributed by atoms with van der Waals surface area (Å²) in [7, 11) is 0. The molecule has 10 heteroatoms. The van der Waals surface area contributed by atoms with Gasteiger partial charge in [0, 0.05) is 34.9 Å². The molecule has 5 aromatic rings. The van der Waals surface area contributed by atoms with Crippen molar-refractivity contribution in [3.8, 4) is 22.8 Å². The molecule has 0 amide bonds. The van der Waals surface area contributed by atoms with Gasteiger partial charge in [-0.2, -0.15) is 0 Å². The summed E-state index contributed by atoms with van der Waals surface area (Å²) in [6.45, 7) is 0.274. The maximum Gasteiger partial charge on any atom is 0.573 e. The predicted molar refractivity (Wildman–Crippen MR) is 126 cm³/mol. The van der Waals surface area contributed by atoms with Gasteiger partial charge in [-0.1, -0.05) is 18.2 Å². The van der Waals surface area contributed by atoms with Gasteiger partial charge >= 0.3 is 12.3 Å². The molecule has 0 unspecified atom stereocenters. The molecule has 0 spiro atoms. The quantitative estimate of drug-likeness (QED) is 0.303. The van der Waals surface area contributed by atoms with E-state index in [0.29, 0.717) is 22.3 Å². The molecule has 1 N–H and O–H groups in total. The van der Waals surface area contributed by atoms with Crippen LogP contribution in [-0.2, 0) is 6.54 Å². The van der Waals surface area contributed by atoms with E-state index in [0.717, 1.165) is 28.5 Å². The molecule has 182 valence electrons. The lowest BCUT2D eigenvalue weighted by Gasteiger charge is -2.12. The zero-order chi connectivity index (χ0) is 25.3. The number of fused-ring (bicyclic) bond motifs is 2. The number of nitrogens with zero attached hydrogens (tertiary/aromatic N) is 3. The first-order valence-electron chi connectivity index (χ1n) is 10.8. The van der Waals surface area contributed by atoms with Crippen molar-refractivity contribution in [2.24, 2.45) is 0 Å². The summed E-state index contributed by atoms with van der Waals surface area (Å²) < 4.78 is 48.1. The normalized spacial score (nSPS) is 11.6. The summed E-state index contributed by atoms with van der Waals surface area (Å²) >= 11 is 0. The van der Waals surface area contributed by atoms with Gasteiger partial charge in [0.25, 0.3) is 0 Å². The lowest BCUT2D eigenvalue weighted by molar-refractivity contribution is -0.274. The van der Waals surface area contributed by atoms with Crippen molar-refractivity contribution in [2.75, 3.05) is 6.61 Å². The molecule has 0 atom stereocenters. The second-order valence-electron chi connectivity index (χ2n) is 7.85. The van der Waals surface area contributed by atoms with E-state index in [1.54, 1.807) is 35.3 Å². The summed E-state index contributed by atoms with van der Waals surface area (Å²) in [5.41, 5.74) is 2.23. The van der Waals surface area contributed by atoms with E-state index in [9.17, 15) is 23.1 Å². The predicted octanol–water partition coefficient (Wildman–Crippen LogP) is 5.93. The lowest BCUT2D eigenvalue weighted by atomic mass is 10.0. The van der Waals surface area contributed by atoms with Gasteiger partial charge in [0.2, 0.25) is 0 Å². The number of ether oxygens (including phenoxy) is 2. The van der Waals surface area contributed by atoms with Gasteiger partial charge in [0.05, 0.1) is 17.8 Å². The summed E-state index contributed by atoms with van der Waals surface area (Å²) in [6, 6.07) is 16.0. The van der Waals surface area contributed by atoms with Gasteiger partial charge < -0.3 is 19.1 Å². The average Bonchev–Trinajstić information content (AvgIpc) is 3.23. The number of benzene rings is 2. The number of carboxylic acids is 1. The van der Waals surface area contributed by atoms with Gasteiger partial charge in [-0.25, -0.2) is 4.79 Å². The second-order valence-corrected chi connectivity index (χ2v) is 7.85. The molecule has 0 aliphatic rings. The lowest BCUT2D eigenvalue weighted by Crippen LogP contribution is -2.17. The Labute approximate surface area is 202 Å². The van der Waals surface area contributed by atoms with Gasteiger partial charge in [-0.15, -0.1) is 13.2 Å². The number of carbonyl (C=O) groups is 1. The second kappa shape index (κ2) is 9.21. The van der Waals surface area contributed by atoms with Crippen LogP contribution in [0.5, 0.6) is 11.5 Å². The largest absolute Gasteiger partial charge is 0.573 e. The zero-order valence-corrected chi connectivity index (χ0v) is 18.6. The Kier molecular flexibility index (Phi) is 5.93. The molecule has 0 fully saturated rings. The fourth-order valence-corrected chi connectivity index (χ4v) is 4.14. The Morgan fingerprint density at radius 1 is 0.972 bits per heavy atom. The first kappa shape index (κ1) is 23.2. The first-order valence-corrected chi connectivity index (χ1v) is 10.8. The van der Waals surface area contributed by atoms with Crippen LogP contribution in [0, 0.1) is 0 Å². The van der Waals surface area contributed by atoms with Crippen LogP contribution in [-0.4, -0.2) is 38.6 Å². The van der Waals surface area contributed by atoms with E-state index in [1.807, 2.05) is 24.3 Å². The minimum absolute atomic E-state index is 0.0682. The van der Waals surface area contributed by atoms with E-state index in [4.69, 9.17) is 4.74 Å². The Morgan fingerprint density at radius 2 is 1.75 bits per heavy atom. The minimum Gasteiger partial charge on any atom is -0.492 e. The standard InChI is InChI=1S/C26H18F3N3O4/c27-26(28,29)36-18-6-4-17(5-7-18)35-13-12-32-22-9-11-31-24(21(22)14-23(32)25(33)34)20-3-1-2-16-15-30-10-8-19(16)20/h1-11,14-15H,12-13H2,(H,33,34). The molecule has 3 aromatic heterocycles. The van der Waals surface area contributed by atoms with Crippen LogP contribution < -0.4 is 9.47 Å². The van der Waals surface area contributed by atoms with Crippen LogP contribution in [0.3, 0.4) is 0 Å². The van der Waals surface area contributed by atoms with Gasteiger partial charge in [0.1, 0.15) is 23.8 Å². The van der Waals surface area contributed by atoms with Crippen LogP contribution in [0.25, 0.3) is 32.9 Å². The van der Waals surface area contributed by atoms with Crippen molar-refractivity contribution in [3.05, 3.63) is 84.9 Å². The molecule has 0 saturated carbocycles. The van der Waals surface area contributed by atoms with E-state index in [2.05, 4.69) is 14.7 Å². The van der Waals surface area contributed by atoms with Crippen molar-refractivity contribution in [1.29, 1.82) is 0 Å². The van der Waals surface area contributed by atoms with Gasteiger partial charge in [0.15, 0.2) is 0 Å². The molecule has 5 rings (SSSR count). The van der Waals surface area contributed by atoms with Gasteiger partial charge in [-0.05, 0) is 47.9 Å². The highest BCUT2D eigenvalue weighted by atomic mass is 19.4. The molecule has 2 aromatic carbocycles. The minimum atomic E-state index is -4.78. The monoisotopic (exact) mass is 493 g/mol. The molecular weight excluding hydrogens is 475 g/mol. The first-order chi connectivity index (χ1) is 17.3. The van der Waals surface area contributed by atoms with Crippen LogP contribution in [0.4, 0.5) is 13.2 Å². The third-order valence-electron chi connectivity index (χ3n) is 5.63. The van der Waals surface area contributed by atoms with Crippen molar-refractivity contribution in [3.63, 3.8) is 0 Å². The summed E-state index contributed by atoms with van der Waals surface area (Å²) in [5, 5.41) is 12.4. The number of alkyl halides is 3. The Balaban J connectivity index is 1.44. The zero-order valence-electron chi connectivity index (χ0n) is 18.6. The highest BCUT2D eigenvalue weighted by Crippen LogP contribution is 2.33. The molecule has 0 bridgehead atoms.